The summed E-state index contributed by atoms with van der Waals surface area (Å²) in [7, 11) is 0. The highest BCUT2D eigenvalue weighted by Crippen LogP contribution is 2.18. The second kappa shape index (κ2) is 43.7. The topological polar surface area (TPSA) is 95.9 Å². The largest absolute Gasteiger partial charge is 0.462 e. The number of carbonyl (C=O) groups is 2. The zero-order valence-corrected chi connectivity index (χ0v) is 37.1. The Morgan fingerprint density at radius 3 is 1.29 bits per heavy atom. The number of aliphatic hydroxyl groups is 2. The third-order valence-electron chi connectivity index (χ3n) is 11.3. The van der Waals surface area contributed by atoms with E-state index in [-0.39, 0.29) is 24.9 Å². The fraction of sp³-hybridized carbons (Fsp3) is 0.918. The molecule has 0 saturated heterocycles. The summed E-state index contributed by atoms with van der Waals surface area (Å²) in [4.78, 5) is 26.0. The number of esters is 1. The van der Waals surface area contributed by atoms with Crippen LogP contribution in [0, 0.1) is 0 Å². The van der Waals surface area contributed by atoms with Crippen molar-refractivity contribution in [3.63, 3.8) is 0 Å². The molecule has 0 bridgehead atoms. The number of ether oxygens (including phenoxy) is 1. The van der Waals surface area contributed by atoms with E-state index in [1.165, 1.54) is 161 Å². The van der Waals surface area contributed by atoms with Gasteiger partial charge in [0.2, 0.25) is 5.91 Å². The van der Waals surface area contributed by atoms with Crippen LogP contribution in [0.2, 0.25) is 0 Å². The molecule has 3 atom stereocenters. The van der Waals surface area contributed by atoms with Crippen LogP contribution in [-0.4, -0.2) is 46.9 Å². The molecule has 0 aromatic rings. The van der Waals surface area contributed by atoms with Crippen molar-refractivity contribution in [1.29, 1.82) is 0 Å². The third-order valence-corrected chi connectivity index (χ3v) is 11.3. The minimum absolute atomic E-state index is 0.0800. The molecule has 0 heterocycles. The fourth-order valence-electron chi connectivity index (χ4n) is 7.60. The highest BCUT2D eigenvalue weighted by molar-refractivity contribution is 5.77. The zero-order chi connectivity index (χ0) is 40.3. The summed E-state index contributed by atoms with van der Waals surface area (Å²) < 4.78 is 5.90. The molecule has 0 fully saturated rings. The Kier molecular flexibility index (Phi) is 42.6. The van der Waals surface area contributed by atoms with E-state index < -0.39 is 18.2 Å². The Labute approximate surface area is 342 Å². The average molecular weight is 778 g/mol. The standard InChI is InChI=1S/C49H95NO5/c1-4-7-10-13-16-19-20-21-22-23-24-25-26-27-30-33-36-39-42-49(54)55-45(40-37-34-31-28-17-14-11-8-5-2)43-48(53)50-46(44-51)47(52)41-38-35-32-29-18-15-12-9-6-3/h24-25,45-47,51-52H,4-23,26-44H2,1-3H3,(H,50,53)/b25-24+. The molecule has 0 radical (unpaired) electrons. The number of allylic oxidation sites excluding steroid dienone is 2. The quantitative estimate of drug-likeness (QED) is 0.0325. The molecule has 0 aliphatic heterocycles. The Morgan fingerprint density at radius 2 is 0.873 bits per heavy atom. The van der Waals surface area contributed by atoms with Crippen molar-refractivity contribution in [2.45, 2.75) is 283 Å². The molecule has 0 saturated carbocycles. The lowest BCUT2D eigenvalue weighted by Gasteiger charge is -2.24. The van der Waals surface area contributed by atoms with Crippen molar-refractivity contribution in [2.24, 2.45) is 0 Å². The maximum absolute atomic E-state index is 13.1. The van der Waals surface area contributed by atoms with E-state index in [0.29, 0.717) is 19.3 Å². The molecule has 1 amide bonds. The van der Waals surface area contributed by atoms with Gasteiger partial charge in [-0.3, -0.25) is 9.59 Å². The van der Waals surface area contributed by atoms with Gasteiger partial charge in [0.25, 0.3) is 0 Å². The summed E-state index contributed by atoms with van der Waals surface area (Å²) in [5, 5.41) is 23.6. The molecule has 0 aliphatic carbocycles. The average Bonchev–Trinajstić information content (AvgIpc) is 3.18. The van der Waals surface area contributed by atoms with Crippen LogP contribution in [0.4, 0.5) is 0 Å². The van der Waals surface area contributed by atoms with E-state index in [1.807, 2.05) is 0 Å². The molecule has 6 nitrogen and oxygen atoms in total. The van der Waals surface area contributed by atoms with Crippen molar-refractivity contribution in [1.82, 2.24) is 5.32 Å². The van der Waals surface area contributed by atoms with Crippen LogP contribution in [0.5, 0.6) is 0 Å². The monoisotopic (exact) mass is 778 g/mol. The Balaban J connectivity index is 4.43. The minimum Gasteiger partial charge on any atom is -0.462 e. The van der Waals surface area contributed by atoms with Crippen molar-refractivity contribution in [2.75, 3.05) is 6.61 Å². The van der Waals surface area contributed by atoms with Gasteiger partial charge in [-0.15, -0.1) is 0 Å². The van der Waals surface area contributed by atoms with Gasteiger partial charge in [-0.25, -0.2) is 0 Å². The van der Waals surface area contributed by atoms with Gasteiger partial charge >= 0.3 is 5.97 Å². The van der Waals surface area contributed by atoms with E-state index in [4.69, 9.17) is 4.74 Å². The lowest BCUT2D eigenvalue weighted by Crippen LogP contribution is -2.46. The van der Waals surface area contributed by atoms with E-state index in [2.05, 4.69) is 38.2 Å². The Morgan fingerprint density at radius 1 is 0.509 bits per heavy atom. The van der Waals surface area contributed by atoms with Crippen LogP contribution in [-0.2, 0) is 14.3 Å². The van der Waals surface area contributed by atoms with Gasteiger partial charge in [-0.05, 0) is 51.4 Å². The number of nitrogens with one attached hydrogen (secondary N) is 1. The predicted octanol–water partition coefficient (Wildman–Crippen LogP) is 14.2. The maximum atomic E-state index is 13.1. The van der Waals surface area contributed by atoms with Gasteiger partial charge in [0.15, 0.2) is 0 Å². The van der Waals surface area contributed by atoms with Crippen LogP contribution in [0.3, 0.4) is 0 Å². The first-order chi connectivity index (χ1) is 27.0. The predicted molar refractivity (Wildman–Crippen MR) is 237 cm³/mol. The Bertz CT molecular complexity index is 832. The first-order valence-electron chi connectivity index (χ1n) is 24.4. The molecule has 3 N–H and O–H groups in total. The summed E-state index contributed by atoms with van der Waals surface area (Å²) in [5.74, 6) is -0.474. The van der Waals surface area contributed by atoms with Crippen LogP contribution < -0.4 is 5.32 Å². The first-order valence-corrected chi connectivity index (χ1v) is 24.4. The molecule has 0 aromatic heterocycles. The van der Waals surface area contributed by atoms with Gasteiger partial charge in [0.1, 0.15) is 6.10 Å². The molecule has 3 unspecified atom stereocenters. The van der Waals surface area contributed by atoms with E-state index in [9.17, 15) is 19.8 Å². The number of amides is 1. The first kappa shape index (κ1) is 53.6. The lowest BCUT2D eigenvalue weighted by molar-refractivity contribution is -0.151. The van der Waals surface area contributed by atoms with E-state index in [0.717, 1.165) is 57.8 Å². The third kappa shape index (κ3) is 39.2. The van der Waals surface area contributed by atoms with Gasteiger partial charge in [-0.2, -0.15) is 0 Å². The number of rotatable bonds is 44. The minimum atomic E-state index is -0.780. The second-order valence-electron chi connectivity index (χ2n) is 16.9. The van der Waals surface area contributed by atoms with Crippen molar-refractivity contribution >= 4 is 11.9 Å². The number of hydrogen-bond donors (Lipinski definition) is 3. The van der Waals surface area contributed by atoms with Crippen LogP contribution in [0.15, 0.2) is 12.2 Å². The van der Waals surface area contributed by atoms with E-state index >= 15 is 0 Å². The fourth-order valence-corrected chi connectivity index (χ4v) is 7.60. The SMILES string of the molecule is CCCCCCCCCCC/C=C/CCCCCCCC(=O)OC(CCCCCCCCCCC)CC(=O)NC(CO)C(O)CCCCCCCCCCC. The zero-order valence-electron chi connectivity index (χ0n) is 37.1. The summed E-state index contributed by atoms with van der Waals surface area (Å²) in [6, 6.07) is -0.694. The number of carbonyl (C=O) groups excluding carboxylic acids is 2. The molecule has 0 spiro atoms. The van der Waals surface area contributed by atoms with E-state index in [1.54, 1.807) is 0 Å². The van der Waals surface area contributed by atoms with Crippen LogP contribution >= 0.6 is 0 Å². The number of hydrogen-bond acceptors (Lipinski definition) is 5. The smallest absolute Gasteiger partial charge is 0.306 e. The summed E-state index contributed by atoms with van der Waals surface area (Å²) in [5.41, 5.74) is 0. The molecule has 55 heavy (non-hydrogen) atoms. The highest BCUT2D eigenvalue weighted by atomic mass is 16.5. The maximum Gasteiger partial charge on any atom is 0.306 e. The van der Waals surface area contributed by atoms with Crippen molar-refractivity contribution in [3.8, 4) is 0 Å². The van der Waals surface area contributed by atoms with Gasteiger partial charge < -0.3 is 20.3 Å². The van der Waals surface area contributed by atoms with Crippen LogP contribution in [0.1, 0.15) is 265 Å². The molecular weight excluding hydrogens is 683 g/mol. The molecule has 0 rings (SSSR count). The number of unbranched alkanes of at least 4 members (excludes halogenated alkanes) is 30. The summed E-state index contributed by atoms with van der Waals surface area (Å²) >= 11 is 0. The van der Waals surface area contributed by atoms with Gasteiger partial charge in [0.05, 0.1) is 25.2 Å². The van der Waals surface area contributed by atoms with Crippen LogP contribution in [0.25, 0.3) is 0 Å². The normalized spacial score (nSPS) is 13.3. The van der Waals surface area contributed by atoms with Crippen molar-refractivity contribution < 1.29 is 24.5 Å². The Hall–Kier alpha value is -1.40. The van der Waals surface area contributed by atoms with Crippen molar-refractivity contribution in [3.05, 3.63) is 12.2 Å². The van der Waals surface area contributed by atoms with Gasteiger partial charge in [-0.1, -0.05) is 213 Å². The summed E-state index contributed by atoms with van der Waals surface area (Å²) in [6.07, 6.45) is 47.1. The highest BCUT2D eigenvalue weighted by Gasteiger charge is 2.24. The molecular formula is C49H95NO5. The van der Waals surface area contributed by atoms with Gasteiger partial charge in [0, 0.05) is 6.42 Å². The molecule has 6 heteroatoms. The molecule has 0 aromatic carbocycles. The summed E-state index contributed by atoms with van der Waals surface area (Å²) in [6.45, 7) is 6.46. The number of aliphatic hydroxyl groups excluding tert-OH is 2. The molecule has 326 valence electrons. The molecule has 0 aliphatic rings. The second-order valence-corrected chi connectivity index (χ2v) is 16.9. The lowest BCUT2D eigenvalue weighted by atomic mass is 10.0.